The zero-order valence-corrected chi connectivity index (χ0v) is 25.7. The van der Waals surface area contributed by atoms with Crippen molar-refractivity contribution < 1.29 is 23.9 Å². The molecule has 2 aromatic carbocycles. The van der Waals surface area contributed by atoms with Gasteiger partial charge in [0.15, 0.2) is 0 Å². The highest BCUT2D eigenvalue weighted by molar-refractivity contribution is 5.93. The number of nitrogens with one attached hydrogen (secondary N) is 6. The van der Waals surface area contributed by atoms with Gasteiger partial charge in [0.25, 0.3) is 0 Å². The zero-order chi connectivity index (χ0) is 32.9. The van der Waals surface area contributed by atoms with E-state index < -0.39 is 42.1 Å². The average molecular weight is 630 g/mol. The van der Waals surface area contributed by atoms with Crippen LogP contribution in [-0.4, -0.2) is 63.2 Å². The van der Waals surface area contributed by atoms with E-state index in [9.17, 15) is 19.2 Å². The predicted octanol–water partition coefficient (Wildman–Crippen LogP) is 2.64. The van der Waals surface area contributed by atoms with E-state index in [1.54, 1.807) is 12.4 Å². The minimum Gasteiger partial charge on any atom is -0.445 e. The van der Waals surface area contributed by atoms with Crippen LogP contribution in [0, 0.1) is 5.92 Å². The SMILES string of the molecule is CC(C)C[C@@H](C=NNC(N)=O)NC(=O)[C@H](Cc1cnc[nH]1)NC(=O)[C@H](Cc1c[nH]c2ccccc12)NC(=O)OCc1ccccc1. The molecule has 8 N–H and O–H groups in total. The fourth-order valence-electron chi connectivity index (χ4n) is 4.87. The number of para-hydroxylation sites is 1. The number of fused-ring (bicyclic) bond motifs is 1. The van der Waals surface area contributed by atoms with Crippen LogP contribution in [0.5, 0.6) is 0 Å². The fraction of sp³-hybridized carbons (Fsp3) is 0.312. The smallest absolute Gasteiger partial charge is 0.408 e. The minimum atomic E-state index is -1.09. The lowest BCUT2D eigenvalue weighted by Crippen LogP contribution is -2.56. The number of amides is 5. The van der Waals surface area contributed by atoms with Gasteiger partial charge in [-0.2, -0.15) is 5.10 Å². The average Bonchev–Trinajstić information content (AvgIpc) is 3.69. The van der Waals surface area contributed by atoms with Crippen molar-refractivity contribution in [2.45, 2.75) is 57.8 Å². The van der Waals surface area contributed by atoms with Crippen molar-refractivity contribution in [2.75, 3.05) is 0 Å². The highest BCUT2D eigenvalue weighted by atomic mass is 16.5. The Bertz CT molecular complexity index is 1620. The monoisotopic (exact) mass is 629 g/mol. The van der Waals surface area contributed by atoms with E-state index >= 15 is 0 Å². The third-order valence-electron chi connectivity index (χ3n) is 7.01. The second kappa shape index (κ2) is 16.4. The molecule has 2 aromatic heterocycles. The van der Waals surface area contributed by atoms with Crippen molar-refractivity contribution in [1.82, 2.24) is 36.3 Å². The number of H-pyrrole nitrogens is 2. The first-order chi connectivity index (χ1) is 22.2. The van der Waals surface area contributed by atoms with Gasteiger partial charge in [-0.05, 0) is 29.5 Å². The maximum Gasteiger partial charge on any atom is 0.408 e. The molecule has 0 bridgehead atoms. The minimum absolute atomic E-state index is 0.0162. The normalized spacial score (nSPS) is 13.2. The number of aromatic nitrogens is 3. The van der Waals surface area contributed by atoms with Crippen LogP contribution >= 0.6 is 0 Å². The number of hydrogen-bond acceptors (Lipinski definition) is 7. The zero-order valence-electron chi connectivity index (χ0n) is 25.7. The van der Waals surface area contributed by atoms with Gasteiger partial charge in [0.2, 0.25) is 11.8 Å². The summed E-state index contributed by atoms with van der Waals surface area (Å²) in [5.74, 6) is -0.930. The van der Waals surface area contributed by atoms with Crippen LogP contribution in [0.4, 0.5) is 9.59 Å². The molecule has 0 aliphatic rings. The number of rotatable bonds is 15. The summed E-state index contributed by atoms with van der Waals surface area (Å²) in [5.41, 5.74) is 10.3. The van der Waals surface area contributed by atoms with Crippen LogP contribution in [-0.2, 0) is 33.8 Å². The number of urea groups is 1. The lowest BCUT2D eigenvalue weighted by Gasteiger charge is -2.25. The molecule has 0 saturated carbocycles. The van der Waals surface area contributed by atoms with E-state index in [1.807, 2.05) is 68.4 Å². The van der Waals surface area contributed by atoms with Crippen molar-refractivity contribution in [3.63, 3.8) is 0 Å². The summed E-state index contributed by atoms with van der Waals surface area (Å²) in [7, 11) is 0. The van der Waals surface area contributed by atoms with Crippen molar-refractivity contribution in [3.8, 4) is 0 Å². The number of nitrogens with two attached hydrogens (primary N) is 1. The van der Waals surface area contributed by atoms with E-state index in [2.05, 4.69) is 41.4 Å². The summed E-state index contributed by atoms with van der Waals surface area (Å²) >= 11 is 0. The molecule has 0 fully saturated rings. The Balaban J connectivity index is 1.54. The fourth-order valence-corrected chi connectivity index (χ4v) is 4.87. The molecule has 0 aliphatic carbocycles. The van der Waals surface area contributed by atoms with Gasteiger partial charge in [0, 0.05) is 48.0 Å². The molecule has 3 atom stereocenters. The van der Waals surface area contributed by atoms with Gasteiger partial charge in [-0.25, -0.2) is 20.0 Å². The van der Waals surface area contributed by atoms with Crippen LogP contribution in [0.1, 0.15) is 37.1 Å². The summed E-state index contributed by atoms with van der Waals surface area (Å²) in [4.78, 5) is 61.7. The predicted molar refractivity (Wildman–Crippen MR) is 172 cm³/mol. The first kappa shape index (κ1) is 33.2. The number of nitrogens with zero attached hydrogens (tertiary/aromatic N) is 2. The molecule has 14 heteroatoms. The largest absolute Gasteiger partial charge is 0.445 e. The second-order valence-electron chi connectivity index (χ2n) is 11.2. The van der Waals surface area contributed by atoms with Gasteiger partial charge >= 0.3 is 12.1 Å². The third kappa shape index (κ3) is 10.2. The number of hydrogen-bond donors (Lipinski definition) is 7. The van der Waals surface area contributed by atoms with Crippen molar-refractivity contribution >= 4 is 41.1 Å². The molecule has 14 nitrogen and oxygen atoms in total. The Labute approximate surface area is 266 Å². The topological polar surface area (TPSA) is 208 Å². The van der Waals surface area contributed by atoms with Crippen molar-refractivity contribution in [3.05, 3.63) is 90.1 Å². The van der Waals surface area contributed by atoms with Crippen LogP contribution in [0.2, 0.25) is 0 Å². The van der Waals surface area contributed by atoms with Gasteiger partial charge in [-0.3, -0.25) is 9.59 Å². The number of primary amides is 1. The summed E-state index contributed by atoms with van der Waals surface area (Å²) < 4.78 is 5.41. The van der Waals surface area contributed by atoms with E-state index in [4.69, 9.17) is 10.5 Å². The van der Waals surface area contributed by atoms with Crippen molar-refractivity contribution in [1.29, 1.82) is 0 Å². The van der Waals surface area contributed by atoms with Gasteiger partial charge in [-0.1, -0.05) is 62.4 Å². The Morgan fingerprint density at radius 1 is 0.935 bits per heavy atom. The number of ether oxygens (including phenoxy) is 1. The molecule has 0 spiro atoms. The van der Waals surface area contributed by atoms with E-state index in [0.29, 0.717) is 12.1 Å². The standard InChI is InChI=1S/C32H39N9O5/c1-20(2)12-24(17-37-41-31(33)44)38-29(42)28(14-23-16-34-19-36-23)39-30(43)27(13-22-15-35-26-11-7-6-10-25(22)26)40-32(45)46-18-21-8-4-3-5-9-21/h3-11,15-17,19-20,24,27-28,35H,12-14,18H2,1-2H3,(H,34,36)(H,38,42)(H,39,43)(H,40,45)(H3,33,41,44)/t24-,27-,28-/m0/s1. The number of hydrazone groups is 1. The second-order valence-corrected chi connectivity index (χ2v) is 11.2. The molecule has 242 valence electrons. The molecule has 0 aliphatic heterocycles. The molecule has 0 saturated heterocycles. The van der Waals surface area contributed by atoms with Gasteiger partial charge < -0.3 is 36.4 Å². The van der Waals surface area contributed by atoms with Gasteiger partial charge in [0.1, 0.15) is 18.7 Å². The molecule has 0 radical (unpaired) electrons. The number of aromatic amines is 2. The molecule has 5 amide bonds. The molecule has 46 heavy (non-hydrogen) atoms. The lowest BCUT2D eigenvalue weighted by molar-refractivity contribution is -0.130. The molecule has 0 unspecified atom stereocenters. The maximum absolute atomic E-state index is 13.9. The molecular formula is C32H39N9O5. The van der Waals surface area contributed by atoms with E-state index in [-0.39, 0.29) is 25.4 Å². The van der Waals surface area contributed by atoms with Crippen LogP contribution in [0.15, 0.2) is 78.4 Å². The summed E-state index contributed by atoms with van der Waals surface area (Å²) in [5, 5.41) is 13.1. The number of benzene rings is 2. The number of carbonyl (C=O) groups is 4. The molecule has 4 aromatic rings. The summed E-state index contributed by atoms with van der Waals surface area (Å²) in [6.45, 7) is 3.95. The lowest BCUT2D eigenvalue weighted by atomic mass is 10.0. The van der Waals surface area contributed by atoms with Crippen LogP contribution < -0.4 is 27.1 Å². The molecule has 4 rings (SSSR count). The molecule has 2 heterocycles. The third-order valence-corrected chi connectivity index (χ3v) is 7.01. The Morgan fingerprint density at radius 3 is 2.37 bits per heavy atom. The van der Waals surface area contributed by atoms with Gasteiger partial charge in [-0.15, -0.1) is 0 Å². The Hall–Kier alpha value is -5.66. The number of carbonyl (C=O) groups excluding carboxylic acids is 4. The Kier molecular flexibility index (Phi) is 11.9. The first-order valence-electron chi connectivity index (χ1n) is 14.9. The summed E-state index contributed by atoms with van der Waals surface area (Å²) in [6.07, 6.45) is 6.11. The van der Waals surface area contributed by atoms with E-state index in [0.717, 1.165) is 22.0 Å². The first-order valence-corrected chi connectivity index (χ1v) is 14.9. The molecular weight excluding hydrogens is 590 g/mol. The van der Waals surface area contributed by atoms with Crippen LogP contribution in [0.3, 0.4) is 0 Å². The van der Waals surface area contributed by atoms with Crippen LogP contribution in [0.25, 0.3) is 10.9 Å². The Morgan fingerprint density at radius 2 is 1.65 bits per heavy atom. The van der Waals surface area contributed by atoms with E-state index in [1.165, 1.54) is 12.5 Å². The number of alkyl carbamates (subject to hydrolysis) is 1. The highest BCUT2D eigenvalue weighted by Crippen LogP contribution is 2.19. The summed E-state index contributed by atoms with van der Waals surface area (Å²) in [6, 6.07) is 13.2. The maximum atomic E-state index is 13.9. The quantitative estimate of drug-likeness (QED) is 0.0776. The van der Waals surface area contributed by atoms with Gasteiger partial charge in [0.05, 0.1) is 12.4 Å². The highest BCUT2D eigenvalue weighted by Gasteiger charge is 2.30. The van der Waals surface area contributed by atoms with Crippen molar-refractivity contribution in [2.24, 2.45) is 16.8 Å². The number of imidazole rings is 1.